The number of hydrogen-bond donors (Lipinski definition) is 0. The molecule has 1 radical (unpaired) electrons. The minimum absolute atomic E-state index is 0.426. The number of aromatic nitrogens is 1. The fourth-order valence-electron chi connectivity index (χ4n) is 0.997. The smallest absolute Gasteiger partial charge is 0.137 e. The van der Waals surface area contributed by atoms with E-state index < -0.39 is 0 Å². The van der Waals surface area contributed by atoms with Crippen LogP contribution in [-0.4, -0.2) is 5.16 Å². The molecule has 1 aromatic heterocycles. The van der Waals surface area contributed by atoms with Crippen molar-refractivity contribution in [2.75, 3.05) is 0 Å². The van der Waals surface area contributed by atoms with Crippen LogP contribution in [0.3, 0.4) is 0 Å². The summed E-state index contributed by atoms with van der Waals surface area (Å²) in [6.45, 7) is 2.58. The molecule has 1 aromatic rings. The quantitative estimate of drug-likeness (QED) is 0.676. The molecule has 0 bridgehead atoms. The van der Waals surface area contributed by atoms with Crippen LogP contribution in [-0.2, 0) is 17.8 Å². The first kappa shape index (κ1) is 9.26. The zero-order valence-corrected chi connectivity index (χ0v) is 7.38. The molecule has 0 aliphatic heterocycles. The van der Waals surface area contributed by atoms with Crippen molar-refractivity contribution < 1.29 is 9.26 Å². The summed E-state index contributed by atoms with van der Waals surface area (Å²) in [6, 6.07) is 1.92. The molecule has 0 saturated carbocycles. The van der Waals surface area contributed by atoms with Crippen LogP contribution in [0, 0.1) is 7.11 Å². The second kappa shape index (κ2) is 4.93. The molecule has 3 heteroatoms. The van der Waals surface area contributed by atoms with Gasteiger partial charge in [0, 0.05) is 12.5 Å². The van der Waals surface area contributed by atoms with Crippen LogP contribution < -0.4 is 0 Å². The number of ether oxygens (including phenoxy) is 1. The largest absolute Gasteiger partial charge is 0.373 e. The highest BCUT2D eigenvalue weighted by Gasteiger charge is 2.02. The fourth-order valence-corrected chi connectivity index (χ4v) is 0.997. The third-order valence-corrected chi connectivity index (χ3v) is 1.63. The van der Waals surface area contributed by atoms with E-state index in [1.54, 1.807) is 0 Å². The zero-order chi connectivity index (χ0) is 8.81. The van der Waals surface area contributed by atoms with E-state index in [0.717, 1.165) is 24.3 Å². The second-order valence-electron chi connectivity index (χ2n) is 2.74. The average Bonchev–Trinajstić information content (AvgIpc) is 2.50. The summed E-state index contributed by atoms with van der Waals surface area (Å²) in [7, 11) is 3.27. The van der Waals surface area contributed by atoms with Crippen LogP contribution in [0.1, 0.15) is 31.2 Å². The third-order valence-electron chi connectivity index (χ3n) is 1.63. The molecule has 0 aliphatic carbocycles. The Morgan fingerprint density at radius 2 is 2.50 bits per heavy atom. The Morgan fingerprint density at radius 1 is 1.67 bits per heavy atom. The van der Waals surface area contributed by atoms with Crippen LogP contribution in [0.5, 0.6) is 0 Å². The molecule has 0 fully saturated rings. The lowest BCUT2D eigenvalue weighted by molar-refractivity contribution is 0.218. The molecule has 3 nitrogen and oxygen atoms in total. The van der Waals surface area contributed by atoms with Gasteiger partial charge in [-0.25, -0.2) is 0 Å². The highest BCUT2D eigenvalue weighted by Crippen LogP contribution is 2.07. The van der Waals surface area contributed by atoms with Crippen molar-refractivity contribution in [1.29, 1.82) is 0 Å². The SMILES string of the molecule is [CH2]OCc1cc(CCCC)on1. The van der Waals surface area contributed by atoms with E-state index in [0.29, 0.717) is 6.61 Å². The summed E-state index contributed by atoms with van der Waals surface area (Å²) in [5.74, 6) is 0.934. The molecular formula is C9H14NO2. The monoisotopic (exact) mass is 168 g/mol. The highest BCUT2D eigenvalue weighted by atomic mass is 16.5. The number of aryl methyl sites for hydroxylation is 1. The van der Waals surface area contributed by atoms with Crippen molar-refractivity contribution in [3.63, 3.8) is 0 Å². The standard InChI is InChI=1S/C9H14NO2/c1-3-4-5-9-6-8(7-11-2)10-12-9/h6H,2-5,7H2,1H3. The molecule has 0 spiro atoms. The van der Waals surface area contributed by atoms with Crippen molar-refractivity contribution in [3.05, 3.63) is 24.6 Å². The molecule has 0 amide bonds. The average molecular weight is 168 g/mol. The molecule has 12 heavy (non-hydrogen) atoms. The summed E-state index contributed by atoms with van der Waals surface area (Å²) < 4.78 is 9.73. The first-order valence-electron chi connectivity index (χ1n) is 4.18. The summed E-state index contributed by atoms with van der Waals surface area (Å²) >= 11 is 0. The lowest BCUT2D eigenvalue weighted by Gasteiger charge is -1.89. The van der Waals surface area contributed by atoms with E-state index in [4.69, 9.17) is 4.52 Å². The molecule has 67 valence electrons. The molecule has 1 rings (SSSR count). The van der Waals surface area contributed by atoms with E-state index in [2.05, 4.69) is 23.9 Å². The molecular weight excluding hydrogens is 154 g/mol. The van der Waals surface area contributed by atoms with Gasteiger partial charge in [0.1, 0.15) is 11.5 Å². The molecule has 0 unspecified atom stereocenters. The minimum Gasteiger partial charge on any atom is -0.373 e. The van der Waals surface area contributed by atoms with Gasteiger partial charge in [-0.05, 0) is 6.42 Å². The van der Waals surface area contributed by atoms with Gasteiger partial charge in [0.15, 0.2) is 0 Å². The van der Waals surface area contributed by atoms with Crippen molar-refractivity contribution >= 4 is 0 Å². The summed E-state index contributed by atoms with van der Waals surface area (Å²) in [6.07, 6.45) is 3.27. The number of hydrogen-bond acceptors (Lipinski definition) is 3. The topological polar surface area (TPSA) is 35.3 Å². The maximum absolute atomic E-state index is 5.06. The maximum atomic E-state index is 5.06. The second-order valence-corrected chi connectivity index (χ2v) is 2.74. The highest BCUT2D eigenvalue weighted by molar-refractivity contribution is 5.04. The van der Waals surface area contributed by atoms with Crippen LogP contribution in [0.25, 0.3) is 0 Å². The predicted molar refractivity (Wildman–Crippen MR) is 45.3 cm³/mol. The van der Waals surface area contributed by atoms with Crippen molar-refractivity contribution in [1.82, 2.24) is 5.16 Å². The van der Waals surface area contributed by atoms with Crippen molar-refractivity contribution in [3.8, 4) is 0 Å². The Balaban J connectivity index is 2.41. The minimum atomic E-state index is 0.426. The van der Waals surface area contributed by atoms with Crippen LogP contribution in [0.15, 0.2) is 10.6 Å². The molecule has 0 saturated heterocycles. The van der Waals surface area contributed by atoms with E-state index >= 15 is 0 Å². The van der Waals surface area contributed by atoms with E-state index in [1.165, 1.54) is 6.42 Å². The molecule has 1 heterocycles. The van der Waals surface area contributed by atoms with Crippen molar-refractivity contribution in [2.24, 2.45) is 0 Å². The van der Waals surface area contributed by atoms with Gasteiger partial charge in [0.05, 0.1) is 13.7 Å². The van der Waals surface area contributed by atoms with Gasteiger partial charge >= 0.3 is 0 Å². The van der Waals surface area contributed by atoms with Crippen LogP contribution in [0.2, 0.25) is 0 Å². The summed E-state index contributed by atoms with van der Waals surface area (Å²) in [5, 5.41) is 3.82. The lowest BCUT2D eigenvalue weighted by Crippen LogP contribution is -1.83. The maximum Gasteiger partial charge on any atom is 0.137 e. The van der Waals surface area contributed by atoms with Crippen molar-refractivity contribution in [2.45, 2.75) is 32.8 Å². The van der Waals surface area contributed by atoms with Gasteiger partial charge in [-0.15, -0.1) is 0 Å². The summed E-state index contributed by atoms with van der Waals surface area (Å²) in [4.78, 5) is 0. The number of nitrogens with zero attached hydrogens (tertiary/aromatic N) is 1. The Hall–Kier alpha value is -0.830. The Labute approximate surface area is 72.7 Å². The zero-order valence-electron chi connectivity index (χ0n) is 7.38. The predicted octanol–water partition coefficient (Wildman–Crippen LogP) is 2.33. The lowest BCUT2D eigenvalue weighted by atomic mass is 10.2. The number of unbranched alkanes of at least 4 members (excludes halogenated alkanes) is 1. The molecule has 0 aromatic carbocycles. The Bertz CT molecular complexity index is 220. The van der Waals surface area contributed by atoms with Crippen LogP contribution >= 0.6 is 0 Å². The van der Waals surface area contributed by atoms with E-state index in [9.17, 15) is 0 Å². The molecule has 0 atom stereocenters. The van der Waals surface area contributed by atoms with Gasteiger partial charge in [0.2, 0.25) is 0 Å². The Morgan fingerprint density at radius 3 is 3.17 bits per heavy atom. The van der Waals surface area contributed by atoms with Gasteiger partial charge in [-0.1, -0.05) is 18.5 Å². The van der Waals surface area contributed by atoms with Gasteiger partial charge in [-0.2, -0.15) is 0 Å². The van der Waals surface area contributed by atoms with Gasteiger partial charge < -0.3 is 9.26 Å². The van der Waals surface area contributed by atoms with E-state index in [-0.39, 0.29) is 0 Å². The first-order chi connectivity index (χ1) is 5.86. The van der Waals surface area contributed by atoms with Gasteiger partial charge in [-0.3, -0.25) is 0 Å². The normalized spacial score (nSPS) is 10.5. The summed E-state index contributed by atoms with van der Waals surface area (Å²) in [5.41, 5.74) is 0.816. The van der Waals surface area contributed by atoms with Crippen LogP contribution in [0.4, 0.5) is 0 Å². The van der Waals surface area contributed by atoms with E-state index in [1.807, 2.05) is 6.07 Å². The molecule has 0 aliphatic rings. The Kier molecular flexibility index (Phi) is 3.80. The fraction of sp³-hybridized carbons (Fsp3) is 0.556. The number of rotatable bonds is 5. The third kappa shape index (κ3) is 2.66. The molecule has 0 N–H and O–H groups in total. The first-order valence-corrected chi connectivity index (χ1v) is 4.18. The van der Waals surface area contributed by atoms with Gasteiger partial charge in [0.25, 0.3) is 0 Å².